The van der Waals surface area contributed by atoms with Crippen LogP contribution in [0.15, 0.2) is 78.8 Å². The number of anilines is 1. The number of methoxy groups -OCH3 is 1. The highest BCUT2D eigenvalue weighted by Crippen LogP contribution is 2.47. The van der Waals surface area contributed by atoms with E-state index in [1.165, 1.54) is 13.4 Å². The van der Waals surface area contributed by atoms with E-state index < -0.39 is 84.1 Å². The number of imidazole rings is 1. The number of carbonyl (C=O) groups is 4. The van der Waals surface area contributed by atoms with Crippen LogP contribution in [0.25, 0.3) is 10.9 Å². The maximum absolute atomic E-state index is 14.4. The molecule has 2 unspecified atom stereocenters. The number of carbonyl (C=O) groups excluding carboxylic acids is 4. The molecule has 10 atom stereocenters. The Labute approximate surface area is 398 Å². The third kappa shape index (κ3) is 9.69. The third-order valence-electron chi connectivity index (χ3n) is 12.3. The molecule has 2 saturated heterocycles. The number of pyridine rings is 1. The molecule has 0 spiro atoms. The van der Waals surface area contributed by atoms with Gasteiger partial charge in [-0.2, -0.15) is 0 Å². The fraction of sp³-hybridized carbons (Fsp3) is 0.444. The van der Waals surface area contributed by atoms with Gasteiger partial charge in [-0.25, -0.2) is 19.6 Å². The number of amides is 2. The molecule has 6 heterocycles. The minimum Gasteiger partial charge on any atom is -0.462 e. The number of benzene rings is 2. The molecule has 4 aromatic rings. The lowest BCUT2D eigenvalue weighted by Gasteiger charge is -2.44. The molecule has 18 nitrogen and oxygen atoms in total. The van der Waals surface area contributed by atoms with Gasteiger partial charge in [0.15, 0.2) is 5.11 Å². The number of ether oxygens (including phenoxy) is 5. The number of nitrogens with zero attached hydrogens (tertiary/aromatic N) is 3. The predicted octanol–water partition coefficient (Wildman–Crippen LogP) is 3.59. The van der Waals surface area contributed by atoms with Gasteiger partial charge in [-0.3, -0.25) is 9.59 Å². The van der Waals surface area contributed by atoms with E-state index in [0.717, 1.165) is 16.5 Å². The summed E-state index contributed by atoms with van der Waals surface area (Å²) < 4.78 is 28.6. The summed E-state index contributed by atoms with van der Waals surface area (Å²) in [4.78, 5) is 70.2. The Morgan fingerprint density at radius 2 is 1.82 bits per heavy atom. The number of halogens is 2. The normalized spacial score (nSPS) is 26.2. The van der Waals surface area contributed by atoms with Crippen molar-refractivity contribution in [2.75, 3.05) is 19.0 Å². The van der Waals surface area contributed by atoms with Crippen LogP contribution in [0.4, 0.5) is 5.69 Å². The maximum atomic E-state index is 14.4. The summed E-state index contributed by atoms with van der Waals surface area (Å²) in [7, 11) is 1.39. The summed E-state index contributed by atoms with van der Waals surface area (Å²) in [6.45, 7) is 6.94. The highest BCUT2D eigenvalue weighted by atomic mass is 35.5. The molecule has 21 heteroatoms. The summed E-state index contributed by atoms with van der Waals surface area (Å²) >= 11 is 5.63. The number of thiocarbonyl (C=S) groups is 1. The number of aliphatic hydroxyl groups is 2. The van der Waals surface area contributed by atoms with Crippen LogP contribution in [-0.2, 0) is 51.1 Å². The summed E-state index contributed by atoms with van der Waals surface area (Å²) in [6, 6.07) is 13.4. The highest BCUT2D eigenvalue weighted by molar-refractivity contribution is 7.80. The van der Waals surface area contributed by atoms with Gasteiger partial charge in [0, 0.05) is 43.0 Å². The van der Waals surface area contributed by atoms with Crippen LogP contribution >= 0.6 is 37.0 Å². The Bertz CT molecular complexity index is 2460. The average Bonchev–Trinajstić information content (AvgIpc) is 3.93. The van der Waals surface area contributed by atoms with Crippen molar-refractivity contribution in [3.8, 4) is 5.75 Å². The van der Waals surface area contributed by atoms with Crippen LogP contribution in [0.3, 0.4) is 0 Å². The zero-order valence-corrected chi connectivity index (χ0v) is 39.1. The number of para-hydroxylation sites is 1. The van der Waals surface area contributed by atoms with Gasteiger partial charge >= 0.3 is 11.9 Å². The van der Waals surface area contributed by atoms with Gasteiger partial charge in [0.05, 0.1) is 35.6 Å². The molecular weight excluding hydrogens is 918 g/mol. The molecule has 4 aliphatic heterocycles. The fourth-order valence-corrected chi connectivity index (χ4v) is 9.00. The van der Waals surface area contributed by atoms with E-state index in [-0.39, 0.29) is 55.3 Å². The largest absolute Gasteiger partial charge is 0.462 e. The smallest absolute Gasteiger partial charge is 0.355 e. The molecule has 0 saturated carbocycles. The van der Waals surface area contributed by atoms with Crippen molar-refractivity contribution in [1.82, 2.24) is 30.5 Å². The van der Waals surface area contributed by atoms with Gasteiger partial charge in [0.2, 0.25) is 23.7 Å². The molecule has 0 bridgehead atoms. The molecule has 2 aromatic carbocycles. The van der Waals surface area contributed by atoms with Crippen molar-refractivity contribution in [3.63, 3.8) is 0 Å². The van der Waals surface area contributed by atoms with E-state index in [1.807, 2.05) is 36.4 Å². The molecule has 0 aliphatic carbocycles. The lowest BCUT2D eigenvalue weighted by atomic mass is 9.76. The Kier molecular flexibility index (Phi) is 15.6. The highest BCUT2D eigenvalue weighted by Gasteiger charge is 2.58. The molecule has 66 heavy (non-hydrogen) atoms. The molecule has 8 rings (SSSR count). The van der Waals surface area contributed by atoms with Gasteiger partial charge in [-0.15, -0.1) is 24.8 Å². The zero-order valence-electron chi connectivity index (χ0n) is 36.7. The van der Waals surface area contributed by atoms with Crippen LogP contribution in [0.2, 0.25) is 0 Å². The number of aromatic nitrogens is 3. The van der Waals surface area contributed by atoms with Gasteiger partial charge in [-0.05, 0) is 79.0 Å². The van der Waals surface area contributed by atoms with Crippen LogP contribution in [0.1, 0.15) is 57.1 Å². The fourth-order valence-electron chi connectivity index (χ4n) is 8.74. The lowest BCUT2D eigenvalue weighted by molar-refractivity contribution is -0.272. The Morgan fingerprint density at radius 3 is 2.50 bits per heavy atom. The van der Waals surface area contributed by atoms with Gasteiger partial charge in [0.25, 0.3) is 0 Å². The number of aromatic amines is 1. The summed E-state index contributed by atoms with van der Waals surface area (Å²) in [5, 5.41) is 30.9. The first-order valence-electron chi connectivity index (χ1n) is 21.2. The molecule has 2 amide bonds. The molecule has 2 fully saturated rings. The average molecular weight is 971 g/mol. The predicted molar refractivity (Wildman–Crippen MR) is 248 cm³/mol. The van der Waals surface area contributed by atoms with Gasteiger partial charge < -0.3 is 59.7 Å². The number of cyclic esters (lactones) is 1. The first kappa shape index (κ1) is 50.0. The number of nitrogens with one attached hydrogen (secondary N) is 4. The van der Waals surface area contributed by atoms with Crippen molar-refractivity contribution in [2.24, 2.45) is 11.8 Å². The van der Waals surface area contributed by atoms with E-state index in [0.29, 0.717) is 34.9 Å². The molecular formula is C45H53Cl2N7O11S. The minimum absolute atomic E-state index is 0. The first-order chi connectivity index (χ1) is 30.7. The van der Waals surface area contributed by atoms with Crippen LogP contribution < -0.4 is 20.7 Å². The van der Waals surface area contributed by atoms with Crippen LogP contribution in [0, 0.1) is 11.8 Å². The van der Waals surface area contributed by atoms with Crippen molar-refractivity contribution in [3.05, 3.63) is 95.7 Å². The first-order valence-corrected chi connectivity index (χ1v) is 21.6. The van der Waals surface area contributed by atoms with Crippen LogP contribution in [-0.4, -0.2) is 121 Å². The Morgan fingerprint density at radius 1 is 1.08 bits per heavy atom. The number of aliphatic hydroxyl groups excluding tert-OH is 2. The minimum atomic E-state index is -1.94. The van der Waals surface area contributed by atoms with Crippen molar-refractivity contribution in [1.29, 1.82) is 0 Å². The number of esters is 2. The summed E-state index contributed by atoms with van der Waals surface area (Å²) in [6.07, 6.45) is -0.0124. The number of hydrogen-bond acceptors (Lipinski definition) is 14. The zero-order chi connectivity index (χ0) is 45.4. The van der Waals surface area contributed by atoms with Crippen molar-refractivity contribution >= 4 is 82.5 Å². The second kappa shape index (κ2) is 20.6. The molecule has 2 aromatic heterocycles. The molecule has 4 aliphatic rings. The van der Waals surface area contributed by atoms with E-state index in [4.69, 9.17) is 40.9 Å². The Hall–Kier alpha value is -5.41. The quantitative estimate of drug-likeness (QED) is 0.0638. The van der Waals surface area contributed by atoms with E-state index in [1.54, 1.807) is 63.1 Å². The number of fused-ring (bicyclic) bond motifs is 5. The number of rotatable bonds is 13. The second-order valence-electron chi connectivity index (χ2n) is 16.7. The molecule has 354 valence electrons. The maximum Gasteiger partial charge on any atom is 0.355 e. The van der Waals surface area contributed by atoms with Crippen molar-refractivity contribution in [2.45, 2.75) is 102 Å². The summed E-state index contributed by atoms with van der Waals surface area (Å²) in [5.41, 5.74) is 1.89. The van der Waals surface area contributed by atoms with Gasteiger partial charge in [0.1, 0.15) is 42.8 Å². The lowest BCUT2D eigenvalue weighted by Crippen LogP contribution is -2.60. The van der Waals surface area contributed by atoms with E-state index in [9.17, 15) is 29.4 Å². The van der Waals surface area contributed by atoms with E-state index >= 15 is 0 Å². The second-order valence-corrected chi connectivity index (χ2v) is 17.1. The molecule has 0 radical (unpaired) electrons. The Balaban J connectivity index is 0.00000360. The SMILES string of the molecule is CC[C@@]1(OC(=O)[C@H](NC(=O)[C@H](Cc2cnc[nH]2)NC(=S)Nc2ccc(O[C@H]3O[C@@H](C)[C@@H](O)[C@@H](OC)[C@@H]3O)cc2)C(C)C)C(=O)OCC2C(=O)N3Cc4cc5ccccc5nc4C3C=C21.Cl.Cl. The van der Waals surface area contributed by atoms with Crippen LogP contribution in [0.5, 0.6) is 5.75 Å². The monoisotopic (exact) mass is 969 g/mol. The number of hydrogen-bond donors (Lipinski definition) is 6. The van der Waals surface area contributed by atoms with Crippen molar-refractivity contribution < 1.29 is 53.1 Å². The van der Waals surface area contributed by atoms with Gasteiger partial charge in [-0.1, -0.05) is 45.0 Å². The summed E-state index contributed by atoms with van der Waals surface area (Å²) in [5.74, 6) is -3.56. The third-order valence-corrected chi connectivity index (χ3v) is 12.5. The topological polar surface area (TPSA) is 236 Å². The number of H-pyrrole nitrogens is 1. The molecule has 6 N–H and O–H groups in total. The van der Waals surface area contributed by atoms with E-state index in [2.05, 4.69) is 25.9 Å². The standard InChI is InChI=1S/C45H51N7O11S.2ClH/c1-6-45(30-17-33-35-25(15-24-9-7-8-10-31(24)49-35)19-52(33)40(56)29(30)20-60-43(45)58)63-41(57)34(22(2)3)51-39(55)32(16-27-18-46-21-47-27)50-44(64)48-26-11-13-28(14-12-26)62-42-37(54)38(59-5)36(53)23(4)61-42;;/h7-15,17-18,21-23,29,32-34,36-38,42,53-54H,6,16,19-20H2,1-5H3,(H,46,47)(H,51,55)(H2,48,50,64);2*1H/t23-,29?,32-,33?,34+,36+,37-,38+,42+,45-;;/m0../s1.